The van der Waals surface area contributed by atoms with Crippen molar-refractivity contribution in [2.45, 2.75) is 12.3 Å². The predicted molar refractivity (Wildman–Crippen MR) is 112 cm³/mol. The molecule has 0 spiro atoms. The summed E-state index contributed by atoms with van der Waals surface area (Å²) in [5.74, 6) is 1.02. The standard InChI is InChI=1S/C23H18ClN3O/c24-17-11-9-16(10-12-17)21-22(27-13-5-4-8-20(27)25-21)26-23(28)19-14-18(19)15-6-2-1-3-7-15/h1-13,18-19H,14H2,(H,26,28)/t18-,19?/m0/s1. The van der Waals surface area contributed by atoms with Gasteiger partial charge >= 0.3 is 0 Å². The lowest BCUT2D eigenvalue weighted by Gasteiger charge is -2.08. The van der Waals surface area contributed by atoms with Gasteiger partial charge in [-0.3, -0.25) is 9.20 Å². The highest BCUT2D eigenvalue weighted by molar-refractivity contribution is 6.30. The van der Waals surface area contributed by atoms with E-state index < -0.39 is 0 Å². The average molecular weight is 388 g/mol. The summed E-state index contributed by atoms with van der Waals surface area (Å²) in [7, 11) is 0. The van der Waals surface area contributed by atoms with Gasteiger partial charge in [-0.2, -0.15) is 0 Å². The zero-order valence-corrected chi connectivity index (χ0v) is 15.8. The topological polar surface area (TPSA) is 46.4 Å². The summed E-state index contributed by atoms with van der Waals surface area (Å²) in [6.07, 6.45) is 2.79. The fraction of sp³-hybridized carbons (Fsp3) is 0.130. The van der Waals surface area contributed by atoms with Gasteiger partial charge in [0.1, 0.15) is 17.2 Å². The zero-order chi connectivity index (χ0) is 19.1. The lowest BCUT2D eigenvalue weighted by atomic mass is 10.1. The summed E-state index contributed by atoms with van der Waals surface area (Å²) < 4.78 is 1.92. The minimum Gasteiger partial charge on any atom is -0.310 e. The normalized spacial score (nSPS) is 18.2. The molecule has 28 heavy (non-hydrogen) atoms. The molecule has 2 atom stereocenters. The molecule has 2 aromatic heterocycles. The van der Waals surface area contributed by atoms with Crippen LogP contribution < -0.4 is 5.32 Å². The number of aromatic nitrogens is 2. The molecule has 5 heteroatoms. The fourth-order valence-corrected chi connectivity index (χ4v) is 3.81. The molecule has 1 amide bonds. The molecular formula is C23H18ClN3O. The van der Waals surface area contributed by atoms with Crippen LogP contribution in [0.4, 0.5) is 5.82 Å². The van der Waals surface area contributed by atoms with Crippen molar-refractivity contribution in [2.24, 2.45) is 5.92 Å². The Kier molecular flexibility index (Phi) is 4.14. The number of nitrogens with one attached hydrogen (secondary N) is 1. The van der Waals surface area contributed by atoms with Gasteiger partial charge in [0.15, 0.2) is 0 Å². The molecule has 1 fully saturated rings. The number of rotatable bonds is 4. The minimum absolute atomic E-state index is 0.00488. The van der Waals surface area contributed by atoms with E-state index in [1.807, 2.05) is 71.3 Å². The van der Waals surface area contributed by atoms with Crippen LogP contribution in [0, 0.1) is 5.92 Å². The first-order chi connectivity index (χ1) is 13.7. The van der Waals surface area contributed by atoms with Gasteiger partial charge < -0.3 is 5.32 Å². The molecule has 0 radical (unpaired) electrons. The van der Waals surface area contributed by atoms with Crippen LogP contribution in [0.1, 0.15) is 17.9 Å². The Morgan fingerprint density at radius 1 is 1.00 bits per heavy atom. The van der Waals surface area contributed by atoms with Crippen molar-refractivity contribution in [3.05, 3.63) is 89.6 Å². The summed E-state index contributed by atoms with van der Waals surface area (Å²) in [6, 6.07) is 23.5. The molecule has 0 bridgehead atoms. The van der Waals surface area contributed by atoms with Gasteiger partial charge in [-0.05, 0) is 42.2 Å². The van der Waals surface area contributed by atoms with Crippen LogP contribution in [-0.2, 0) is 4.79 Å². The van der Waals surface area contributed by atoms with Gasteiger partial charge in [-0.1, -0.05) is 60.1 Å². The van der Waals surface area contributed by atoms with Crippen LogP contribution >= 0.6 is 11.6 Å². The molecular weight excluding hydrogens is 370 g/mol. The van der Waals surface area contributed by atoms with Crippen molar-refractivity contribution in [1.82, 2.24) is 9.38 Å². The molecule has 2 aromatic carbocycles. The highest BCUT2D eigenvalue weighted by Crippen LogP contribution is 2.48. The Bertz CT molecular complexity index is 1150. The monoisotopic (exact) mass is 387 g/mol. The van der Waals surface area contributed by atoms with Gasteiger partial charge in [-0.25, -0.2) is 4.98 Å². The minimum atomic E-state index is -0.00488. The maximum absolute atomic E-state index is 13.0. The number of benzene rings is 2. The summed E-state index contributed by atoms with van der Waals surface area (Å²) in [5.41, 5.74) is 3.67. The van der Waals surface area contributed by atoms with Gasteiger partial charge in [0, 0.05) is 22.7 Å². The number of carbonyl (C=O) groups excluding carboxylic acids is 1. The average Bonchev–Trinajstić information content (AvgIpc) is 3.46. The number of anilines is 1. The second-order valence-corrected chi connectivity index (χ2v) is 7.53. The number of amides is 1. The van der Waals surface area contributed by atoms with Crippen molar-refractivity contribution in [3.63, 3.8) is 0 Å². The van der Waals surface area contributed by atoms with Crippen LogP contribution in [-0.4, -0.2) is 15.3 Å². The molecule has 1 N–H and O–H groups in total. The summed E-state index contributed by atoms with van der Waals surface area (Å²) >= 11 is 6.03. The van der Waals surface area contributed by atoms with E-state index in [-0.39, 0.29) is 11.8 Å². The molecule has 2 heterocycles. The first kappa shape index (κ1) is 17.0. The SMILES string of the molecule is O=C(Nc1c(-c2ccc(Cl)cc2)nc2ccccn12)C1C[C@H]1c1ccccc1. The van der Waals surface area contributed by atoms with E-state index in [0.29, 0.717) is 16.8 Å². The number of hydrogen-bond donors (Lipinski definition) is 1. The van der Waals surface area contributed by atoms with Crippen LogP contribution in [0.25, 0.3) is 16.9 Å². The van der Waals surface area contributed by atoms with Gasteiger partial charge in [0.25, 0.3) is 0 Å². The van der Waals surface area contributed by atoms with E-state index in [1.54, 1.807) is 0 Å². The molecule has 1 unspecified atom stereocenters. The Balaban J connectivity index is 1.47. The molecule has 5 rings (SSSR count). The third kappa shape index (κ3) is 3.06. The number of fused-ring (bicyclic) bond motifs is 1. The van der Waals surface area contributed by atoms with E-state index in [0.717, 1.165) is 23.3 Å². The van der Waals surface area contributed by atoms with Crippen molar-refractivity contribution < 1.29 is 4.79 Å². The number of halogens is 1. The maximum atomic E-state index is 13.0. The molecule has 1 saturated carbocycles. The van der Waals surface area contributed by atoms with Gasteiger partial charge in [0.2, 0.25) is 5.91 Å². The number of nitrogens with zero attached hydrogens (tertiary/aromatic N) is 2. The van der Waals surface area contributed by atoms with Crippen LogP contribution in [0.2, 0.25) is 5.02 Å². The van der Waals surface area contributed by atoms with E-state index in [4.69, 9.17) is 16.6 Å². The second-order valence-electron chi connectivity index (χ2n) is 7.09. The van der Waals surface area contributed by atoms with E-state index >= 15 is 0 Å². The zero-order valence-electron chi connectivity index (χ0n) is 15.0. The molecule has 0 aliphatic heterocycles. The van der Waals surface area contributed by atoms with E-state index in [1.165, 1.54) is 5.56 Å². The number of imidazole rings is 1. The van der Waals surface area contributed by atoms with Gasteiger partial charge in [-0.15, -0.1) is 0 Å². The lowest BCUT2D eigenvalue weighted by molar-refractivity contribution is -0.117. The third-order valence-corrected chi connectivity index (χ3v) is 5.50. The highest BCUT2D eigenvalue weighted by Gasteiger charge is 2.44. The highest BCUT2D eigenvalue weighted by atomic mass is 35.5. The fourth-order valence-electron chi connectivity index (χ4n) is 3.69. The number of carbonyl (C=O) groups is 1. The molecule has 0 saturated heterocycles. The smallest absolute Gasteiger partial charge is 0.229 e. The van der Waals surface area contributed by atoms with Gasteiger partial charge in [0.05, 0.1) is 0 Å². The van der Waals surface area contributed by atoms with Crippen LogP contribution in [0.3, 0.4) is 0 Å². The molecule has 138 valence electrons. The van der Waals surface area contributed by atoms with Crippen molar-refractivity contribution in [1.29, 1.82) is 0 Å². The summed E-state index contributed by atoms with van der Waals surface area (Å²) in [6.45, 7) is 0. The lowest BCUT2D eigenvalue weighted by Crippen LogP contribution is -2.16. The molecule has 1 aliphatic rings. The maximum Gasteiger partial charge on any atom is 0.229 e. The Labute approximate surface area is 167 Å². The summed E-state index contributed by atoms with van der Waals surface area (Å²) in [5, 5.41) is 3.81. The third-order valence-electron chi connectivity index (χ3n) is 5.24. The van der Waals surface area contributed by atoms with E-state index in [2.05, 4.69) is 17.4 Å². The Morgan fingerprint density at radius 2 is 1.75 bits per heavy atom. The first-order valence-electron chi connectivity index (χ1n) is 9.29. The molecule has 4 nitrogen and oxygen atoms in total. The largest absolute Gasteiger partial charge is 0.310 e. The quantitative estimate of drug-likeness (QED) is 0.509. The number of pyridine rings is 1. The van der Waals surface area contributed by atoms with Crippen molar-refractivity contribution in [2.75, 3.05) is 5.32 Å². The summed E-state index contributed by atoms with van der Waals surface area (Å²) in [4.78, 5) is 17.7. The van der Waals surface area contributed by atoms with E-state index in [9.17, 15) is 4.79 Å². The molecule has 1 aliphatic carbocycles. The van der Waals surface area contributed by atoms with Crippen LogP contribution in [0.5, 0.6) is 0 Å². The number of hydrogen-bond acceptors (Lipinski definition) is 2. The molecule has 4 aromatic rings. The first-order valence-corrected chi connectivity index (χ1v) is 9.67. The Morgan fingerprint density at radius 3 is 2.54 bits per heavy atom. The van der Waals surface area contributed by atoms with Crippen LogP contribution in [0.15, 0.2) is 79.0 Å². The Hall–Kier alpha value is -3.11. The predicted octanol–water partition coefficient (Wildman–Crippen LogP) is 5.40. The second kappa shape index (κ2) is 6.80. The van der Waals surface area contributed by atoms with Crippen molar-refractivity contribution >= 4 is 29.0 Å². The van der Waals surface area contributed by atoms with Crippen molar-refractivity contribution in [3.8, 4) is 11.3 Å².